The molecule has 17 heavy (non-hydrogen) atoms. The second-order valence-electron chi connectivity index (χ2n) is 4.27. The van der Waals surface area contributed by atoms with Crippen LogP contribution >= 0.6 is 0 Å². The fraction of sp³-hybridized carbons (Fsp3) is 0.667. The smallest absolute Gasteiger partial charge is 0.407 e. The number of alkyl carbamates (subject to hydrolysis) is 1. The minimum Gasteiger partial charge on any atom is -0.452 e. The maximum Gasteiger partial charge on any atom is 0.407 e. The molecule has 0 fully saturated rings. The highest BCUT2D eigenvalue weighted by Gasteiger charge is 2.15. The zero-order valence-electron chi connectivity index (χ0n) is 10.8. The molecule has 1 N–H and O–H groups in total. The van der Waals surface area contributed by atoms with Gasteiger partial charge in [-0.15, -0.1) is 5.92 Å². The number of esters is 1. The third-order valence-electron chi connectivity index (χ3n) is 1.48. The molecule has 0 aromatic rings. The Hall–Kier alpha value is -1.70. The van der Waals surface area contributed by atoms with Gasteiger partial charge in [0.1, 0.15) is 5.60 Å². The molecule has 1 amide bonds. The number of hydrogen-bond acceptors (Lipinski definition) is 4. The summed E-state index contributed by atoms with van der Waals surface area (Å²) < 4.78 is 9.75. The van der Waals surface area contributed by atoms with Crippen LogP contribution in [0.3, 0.4) is 0 Å². The van der Waals surface area contributed by atoms with Crippen molar-refractivity contribution in [2.75, 3.05) is 13.2 Å². The second-order valence-corrected chi connectivity index (χ2v) is 4.27. The van der Waals surface area contributed by atoms with Crippen molar-refractivity contribution in [1.29, 1.82) is 0 Å². The van der Waals surface area contributed by atoms with Gasteiger partial charge >= 0.3 is 12.1 Å². The first-order valence-corrected chi connectivity index (χ1v) is 5.37. The van der Waals surface area contributed by atoms with E-state index in [4.69, 9.17) is 9.47 Å². The van der Waals surface area contributed by atoms with Crippen LogP contribution in [0.25, 0.3) is 0 Å². The normalized spacial score (nSPS) is 9.88. The first-order valence-electron chi connectivity index (χ1n) is 5.37. The zero-order chi connectivity index (χ0) is 13.3. The third-order valence-corrected chi connectivity index (χ3v) is 1.48. The standard InChI is InChI=1S/C12H19NO4/c1-5-6-9-16-10(14)7-8-13-11(15)17-12(2,3)4/h7-9H2,1-4H3,(H,13,15). The predicted octanol–water partition coefficient (Wildman–Crippen LogP) is 1.47. The topological polar surface area (TPSA) is 64.6 Å². The van der Waals surface area contributed by atoms with Crippen molar-refractivity contribution in [2.24, 2.45) is 0 Å². The summed E-state index contributed by atoms with van der Waals surface area (Å²) in [6.45, 7) is 7.24. The van der Waals surface area contributed by atoms with E-state index in [-0.39, 0.29) is 19.6 Å². The molecule has 0 spiro atoms. The molecule has 96 valence electrons. The van der Waals surface area contributed by atoms with Crippen LogP contribution in [-0.4, -0.2) is 30.8 Å². The summed E-state index contributed by atoms with van der Waals surface area (Å²) in [5.74, 6) is 4.81. The van der Waals surface area contributed by atoms with E-state index in [0.717, 1.165) is 0 Å². The van der Waals surface area contributed by atoms with Crippen LogP contribution in [0, 0.1) is 11.8 Å². The molecule has 0 heterocycles. The summed E-state index contributed by atoms with van der Waals surface area (Å²) in [5.41, 5.74) is -0.540. The molecule has 0 rings (SSSR count). The Morgan fingerprint density at radius 1 is 1.29 bits per heavy atom. The molecule has 0 unspecified atom stereocenters. The predicted molar refractivity (Wildman–Crippen MR) is 63.3 cm³/mol. The van der Waals surface area contributed by atoms with E-state index in [2.05, 4.69) is 17.2 Å². The lowest BCUT2D eigenvalue weighted by atomic mass is 10.2. The van der Waals surface area contributed by atoms with Crippen molar-refractivity contribution in [2.45, 2.75) is 39.7 Å². The van der Waals surface area contributed by atoms with Crippen molar-refractivity contribution < 1.29 is 19.1 Å². The fourth-order valence-electron chi connectivity index (χ4n) is 0.842. The maximum absolute atomic E-state index is 11.2. The number of carbonyl (C=O) groups excluding carboxylic acids is 2. The van der Waals surface area contributed by atoms with Gasteiger partial charge in [-0.05, 0) is 27.7 Å². The lowest BCUT2D eigenvalue weighted by Gasteiger charge is -2.19. The molecule has 0 saturated heterocycles. The SMILES string of the molecule is CC#CCOC(=O)CCNC(=O)OC(C)(C)C. The molecule has 0 bridgehead atoms. The summed E-state index contributed by atoms with van der Waals surface area (Å²) in [5, 5.41) is 2.46. The third kappa shape index (κ3) is 10.6. The number of ether oxygens (including phenoxy) is 2. The van der Waals surface area contributed by atoms with Crippen LogP contribution < -0.4 is 5.32 Å². The number of rotatable bonds is 4. The van der Waals surface area contributed by atoms with Gasteiger partial charge in [0, 0.05) is 6.54 Å². The van der Waals surface area contributed by atoms with Crippen LogP contribution in [0.15, 0.2) is 0 Å². The first-order chi connectivity index (χ1) is 7.85. The van der Waals surface area contributed by atoms with Crippen molar-refractivity contribution in [3.8, 4) is 11.8 Å². The quantitative estimate of drug-likeness (QED) is 0.598. The summed E-state index contributed by atoms with van der Waals surface area (Å²) in [4.78, 5) is 22.3. The molecule has 0 aliphatic carbocycles. The Kier molecular flexibility index (Phi) is 6.80. The van der Waals surface area contributed by atoms with Gasteiger partial charge in [-0.2, -0.15) is 0 Å². The highest BCUT2D eigenvalue weighted by atomic mass is 16.6. The maximum atomic E-state index is 11.2. The average molecular weight is 241 g/mol. The molecule has 0 aliphatic rings. The van der Waals surface area contributed by atoms with Crippen LogP contribution in [0.5, 0.6) is 0 Å². The lowest BCUT2D eigenvalue weighted by molar-refractivity contribution is -0.141. The number of hydrogen-bond donors (Lipinski definition) is 1. The van der Waals surface area contributed by atoms with Crippen LogP contribution in [-0.2, 0) is 14.3 Å². The molecule has 0 aliphatic heterocycles. The number of nitrogens with one attached hydrogen (secondary N) is 1. The monoisotopic (exact) mass is 241 g/mol. The average Bonchev–Trinajstić information content (AvgIpc) is 2.15. The minimum atomic E-state index is -0.543. The van der Waals surface area contributed by atoms with Gasteiger partial charge in [0.25, 0.3) is 0 Å². The minimum absolute atomic E-state index is 0.0851. The molecule has 5 nitrogen and oxygen atoms in total. The van der Waals surface area contributed by atoms with Crippen LogP contribution in [0.1, 0.15) is 34.1 Å². The summed E-state index contributed by atoms with van der Waals surface area (Å²) in [6.07, 6.45) is -0.441. The molecule has 0 atom stereocenters. The summed E-state index contributed by atoms with van der Waals surface area (Å²) >= 11 is 0. The van der Waals surface area contributed by atoms with Gasteiger partial charge in [0.15, 0.2) is 6.61 Å². The van der Waals surface area contributed by atoms with Gasteiger partial charge in [-0.3, -0.25) is 4.79 Å². The van der Waals surface area contributed by atoms with Crippen molar-refractivity contribution in [3.63, 3.8) is 0 Å². The van der Waals surface area contributed by atoms with Gasteiger partial charge in [-0.25, -0.2) is 4.79 Å². The summed E-state index contributed by atoms with van der Waals surface area (Å²) in [7, 11) is 0. The Balaban J connectivity index is 3.65. The summed E-state index contributed by atoms with van der Waals surface area (Å²) in [6, 6.07) is 0. The fourth-order valence-corrected chi connectivity index (χ4v) is 0.842. The van der Waals surface area contributed by atoms with E-state index < -0.39 is 17.7 Å². The molecule has 0 saturated carbocycles. The van der Waals surface area contributed by atoms with Gasteiger partial charge in [-0.1, -0.05) is 5.92 Å². The van der Waals surface area contributed by atoms with E-state index in [1.165, 1.54) is 0 Å². The van der Waals surface area contributed by atoms with E-state index in [0.29, 0.717) is 0 Å². The molecular formula is C12H19NO4. The van der Waals surface area contributed by atoms with Crippen LogP contribution in [0.2, 0.25) is 0 Å². The molecule has 5 heteroatoms. The highest BCUT2D eigenvalue weighted by Crippen LogP contribution is 2.06. The number of carbonyl (C=O) groups is 2. The molecular weight excluding hydrogens is 222 g/mol. The Morgan fingerprint density at radius 2 is 1.94 bits per heavy atom. The Labute approximate surface area is 102 Å². The Bertz CT molecular complexity index is 320. The molecule has 0 aromatic carbocycles. The highest BCUT2D eigenvalue weighted by molar-refractivity contribution is 5.72. The van der Waals surface area contributed by atoms with Crippen molar-refractivity contribution in [1.82, 2.24) is 5.32 Å². The largest absolute Gasteiger partial charge is 0.452 e. The van der Waals surface area contributed by atoms with E-state index >= 15 is 0 Å². The van der Waals surface area contributed by atoms with Crippen molar-refractivity contribution >= 4 is 12.1 Å². The molecule has 0 aromatic heterocycles. The molecule has 0 radical (unpaired) electrons. The number of amides is 1. The van der Waals surface area contributed by atoms with Gasteiger partial charge in [0.2, 0.25) is 0 Å². The van der Waals surface area contributed by atoms with Crippen molar-refractivity contribution in [3.05, 3.63) is 0 Å². The van der Waals surface area contributed by atoms with Gasteiger partial charge < -0.3 is 14.8 Å². The lowest BCUT2D eigenvalue weighted by Crippen LogP contribution is -2.33. The first kappa shape index (κ1) is 15.3. The zero-order valence-corrected chi connectivity index (χ0v) is 10.8. The van der Waals surface area contributed by atoms with Gasteiger partial charge in [0.05, 0.1) is 6.42 Å². The van der Waals surface area contributed by atoms with Crippen LogP contribution in [0.4, 0.5) is 4.79 Å². The van der Waals surface area contributed by atoms with E-state index in [1.54, 1.807) is 27.7 Å². The second kappa shape index (κ2) is 7.55. The van der Waals surface area contributed by atoms with E-state index in [1.807, 2.05) is 0 Å². The Morgan fingerprint density at radius 3 is 2.47 bits per heavy atom. The van der Waals surface area contributed by atoms with E-state index in [9.17, 15) is 9.59 Å².